The average Bonchev–Trinajstić information content (AvgIpc) is 2.65. The van der Waals surface area contributed by atoms with Gasteiger partial charge in [-0.25, -0.2) is 4.98 Å². The van der Waals surface area contributed by atoms with E-state index in [1.165, 1.54) is 5.56 Å². The number of hydrogen-bond donors (Lipinski definition) is 0. The van der Waals surface area contributed by atoms with E-state index in [2.05, 4.69) is 40.4 Å². The summed E-state index contributed by atoms with van der Waals surface area (Å²) >= 11 is 0. The van der Waals surface area contributed by atoms with Crippen LogP contribution >= 0.6 is 0 Å². The van der Waals surface area contributed by atoms with Gasteiger partial charge in [0.25, 0.3) is 0 Å². The van der Waals surface area contributed by atoms with Crippen LogP contribution in [0.15, 0.2) is 43.4 Å². The fourth-order valence-electron chi connectivity index (χ4n) is 1.53. The molecule has 0 spiro atoms. The first kappa shape index (κ1) is 9.71. The SMILES string of the molecule is C=Cc1ccc(Cn2cnc(C)c2)cc1. The van der Waals surface area contributed by atoms with Crippen LogP contribution in [-0.2, 0) is 6.54 Å². The Balaban J connectivity index is 2.14. The van der Waals surface area contributed by atoms with Crippen molar-refractivity contribution in [1.82, 2.24) is 9.55 Å². The van der Waals surface area contributed by atoms with Gasteiger partial charge >= 0.3 is 0 Å². The molecule has 0 aliphatic rings. The summed E-state index contributed by atoms with van der Waals surface area (Å²) in [4.78, 5) is 4.19. The Bertz CT molecular complexity index is 452. The molecule has 0 N–H and O–H groups in total. The molecule has 2 rings (SSSR count). The number of hydrogen-bond acceptors (Lipinski definition) is 1. The standard InChI is InChI=1S/C13H14N2/c1-3-12-4-6-13(7-5-12)9-15-8-11(2)14-10-15/h3-8,10H,1,9H2,2H3. The van der Waals surface area contributed by atoms with Crippen molar-refractivity contribution < 1.29 is 0 Å². The predicted molar refractivity (Wildman–Crippen MR) is 62.6 cm³/mol. The zero-order chi connectivity index (χ0) is 10.7. The molecule has 0 aliphatic heterocycles. The van der Waals surface area contributed by atoms with Crippen molar-refractivity contribution in [3.05, 3.63) is 60.2 Å². The van der Waals surface area contributed by atoms with E-state index in [1.807, 2.05) is 25.5 Å². The third kappa shape index (κ3) is 2.34. The summed E-state index contributed by atoms with van der Waals surface area (Å²) < 4.78 is 2.08. The second-order valence-corrected chi connectivity index (χ2v) is 3.63. The van der Waals surface area contributed by atoms with Crippen molar-refractivity contribution in [1.29, 1.82) is 0 Å². The van der Waals surface area contributed by atoms with Gasteiger partial charge in [-0.3, -0.25) is 0 Å². The summed E-state index contributed by atoms with van der Waals surface area (Å²) in [6, 6.07) is 8.39. The molecule has 0 amide bonds. The Kier molecular flexibility index (Phi) is 2.68. The van der Waals surface area contributed by atoms with Gasteiger partial charge in [0.05, 0.1) is 12.0 Å². The van der Waals surface area contributed by atoms with E-state index >= 15 is 0 Å². The maximum Gasteiger partial charge on any atom is 0.0952 e. The Morgan fingerprint density at radius 3 is 2.60 bits per heavy atom. The summed E-state index contributed by atoms with van der Waals surface area (Å²) in [5.41, 5.74) is 3.48. The van der Waals surface area contributed by atoms with Crippen LogP contribution in [-0.4, -0.2) is 9.55 Å². The molecule has 15 heavy (non-hydrogen) atoms. The number of rotatable bonds is 3. The second-order valence-electron chi connectivity index (χ2n) is 3.63. The van der Waals surface area contributed by atoms with E-state index in [0.717, 1.165) is 17.8 Å². The van der Waals surface area contributed by atoms with Gasteiger partial charge < -0.3 is 4.57 Å². The van der Waals surface area contributed by atoms with Gasteiger partial charge in [0, 0.05) is 12.7 Å². The molecule has 1 aromatic carbocycles. The fourth-order valence-corrected chi connectivity index (χ4v) is 1.53. The van der Waals surface area contributed by atoms with E-state index in [9.17, 15) is 0 Å². The molecule has 0 saturated carbocycles. The normalized spacial score (nSPS) is 10.2. The van der Waals surface area contributed by atoms with E-state index < -0.39 is 0 Å². The highest BCUT2D eigenvalue weighted by atomic mass is 15.0. The Labute approximate surface area is 89.9 Å². The molecule has 0 fully saturated rings. The van der Waals surface area contributed by atoms with Gasteiger partial charge in [-0.05, 0) is 18.1 Å². The van der Waals surface area contributed by atoms with E-state index in [0.29, 0.717) is 0 Å². The average molecular weight is 198 g/mol. The molecule has 0 aliphatic carbocycles. The topological polar surface area (TPSA) is 17.8 Å². The number of nitrogens with zero attached hydrogens (tertiary/aromatic N) is 2. The lowest BCUT2D eigenvalue weighted by molar-refractivity contribution is 0.797. The quantitative estimate of drug-likeness (QED) is 0.741. The smallest absolute Gasteiger partial charge is 0.0952 e. The summed E-state index contributed by atoms with van der Waals surface area (Å²) in [5.74, 6) is 0. The number of aryl methyl sites for hydroxylation is 1. The molecule has 0 atom stereocenters. The lowest BCUT2D eigenvalue weighted by Crippen LogP contribution is -1.95. The third-order valence-corrected chi connectivity index (χ3v) is 2.34. The zero-order valence-electron chi connectivity index (χ0n) is 8.85. The third-order valence-electron chi connectivity index (χ3n) is 2.34. The van der Waals surface area contributed by atoms with Gasteiger partial charge in [-0.2, -0.15) is 0 Å². The van der Waals surface area contributed by atoms with Crippen LogP contribution in [0, 0.1) is 6.92 Å². The van der Waals surface area contributed by atoms with Gasteiger partial charge in [0.1, 0.15) is 0 Å². The molecule has 1 heterocycles. The van der Waals surface area contributed by atoms with Crippen molar-refractivity contribution in [2.75, 3.05) is 0 Å². The molecule has 2 heteroatoms. The Hall–Kier alpha value is -1.83. The molecule has 1 aromatic heterocycles. The van der Waals surface area contributed by atoms with Crippen molar-refractivity contribution in [2.24, 2.45) is 0 Å². The largest absolute Gasteiger partial charge is 0.333 e. The monoisotopic (exact) mass is 198 g/mol. The Morgan fingerprint density at radius 1 is 1.33 bits per heavy atom. The number of benzene rings is 1. The van der Waals surface area contributed by atoms with Crippen LogP contribution < -0.4 is 0 Å². The molecule has 0 radical (unpaired) electrons. The van der Waals surface area contributed by atoms with E-state index in [1.54, 1.807) is 0 Å². The van der Waals surface area contributed by atoms with Crippen molar-refractivity contribution in [3.8, 4) is 0 Å². The van der Waals surface area contributed by atoms with Gasteiger partial charge in [-0.1, -0.05) is 36.9 Å². The Morgan fingerprint density at radius 2 is 2.07 bits per heavy atom. The highest BCUT2D eigenvalue weighted by Gasteiger charge is 1.96. The molecule has 0 bridgehead atoms. The van der Waals surface area contributed by atoms with E-state index in [4.69, 9.17) is 0 Å². The van der Waals surface area contributed by atoms with Crippen LogP contribution in [0.4, 0.5) is 0 Å². The fraction of sp³-hybridized carbons (Fsp3) is 0.154. The lowest BCUT2D eigenvalue weighted by Gasteiger charge is -2.02. The minimum atomic E-state index is 0.873. The van der Waals surface area contributed by atoms with Gasteiger partial charge in [0.15, 0.2) is 0 Å². The minimum absolute atomic E-state index is 0.873. The van der Waals surface area contributed by atoms with Gasteiger partial charge in [0.2, 0.25) is 0 Å². The molecule has 76 valence electrons. The molecule has 2 nitrogen and oxygen atoms in total. The minimum Gasteiger partial charge on any atom is -0.333 e. The molecule has 0 saturated heterocycles. The van der Waals surface area contributed by atoms with Gasteiger partial charge in [-0.15, -0.1) is 0 Å². The molecular weight excluding hydrogens is 184 g/mol. The van der Waals surface area contributed by atoms with Crippen LogP contribution in [0.5, 0.6) is 0 Å². The van der Waals surface area contributed by atoms with Crippen molar-refractivity contribution >= 4 is 6.08 Å². The lowest BCUT2D eigenvalue weighted by atomic mass is 10.1. The van der Waals surface area contributed by atoms with Crippen LogP contribution in [0.3, 0.4) is 0 Å². The first-order valence-electron chi connectivity index (χ1n) is 4.97. The summed E-state index contributed by atoms with van der Waals surface area (Å²) in [6.45, 7) is 6.60. The summed E-state index contributed by atoms with van der Waals surface area (Å²) in [7, 11) is 0. The maximum absolute atomic E-state index is 4.19. The van der Waals surface area contributed by atoms with Crippen LogP contribution in [0.1, 0.15) is 16.8 Å². The highest BCUT2D eigenvalue weighted by Crippen LogP contribution is 2.07. The first-order valence-corrected chi connectivity index (χ1v) is 4.97. The zero-order valence-corrected chi connectivity index (χ0v) is 8.85. The van der Waals surface area contributed by atoms with E-state index in [-0.39, 0.29) is 0 Å². The molecule has 0 unspecified atom stereocenters. The van der Waals surface area contributed by atoms with Crippen molar-refractivity contribution in [2.45, 2.75) is 13.5 Å². The van der Waals surface area contributed by atoms with Crippen LogP contribution in [0.25, 0.3) is 6.08 Å². The molecule has 2 aromatic rings. The van der Waals surface area contributed by atoms with Crippen molar-refractivity contribution in [3.63, 3.8) is 0 Å². The first-order chi connectivity index (χ1) is 7.28. The number of imidazole rings is 1. The summed E-state index contributed by atoms with van der Waals surface area (Å²) in [5, 5.41) is 0. The second kappa shape index (κ2) is 4.13. The molecular formula is C13H14N2. The highest BCUT2D eigenvalue weighted by molar-refractivity contribution is 5.47. The van der Waals surface area contributed by atoms with Crippen LogP contribution in [0.2, 0.25) is 0 Å². The predicted octanol–water partition coefficient (Wildman–Crippen LogP) is 2.88. The maximum atomic E-state index is 4.19. The summed E-state index contributed by atoms with van der Waals surface area (Å²) in [6.07, 6.45) is 5.75. The number of aromatic nitrogens is 2.